The Morgan fingerprint density at radius 2 is 1.49 bits per heavy atom. The molecule has 1 N–H and O–H groups in total. The van der Waals surface area contributed by atoms with Crippen LogP contribution in [0.15, 0.2) is 77.7 Å². The summed E-state index contributed by atoms with van der Waals surface area (Å²) in [5, 5.41) is 0.525. The van der Waals surface area contributed by atoms with Crippen molar-refractivity contribution in [2.45, 2.75) is 10.6 Å². The van der Waals surface area contributed by atoms with Crippen molar-refractivity contribution in [2.24, 2.45) is 0 Å². The van der Waals surface area contributed by atoms with E-state index in [2.05, 4.69) is 9.62 Å². The van der Waals surface area contributed by atoms with Gasteiger partial charge in [0.2, 0.25) is 20.0 Å². The fourth-order valence-electron chi connectivity index (χ4n) is 3.92. The number of methoxy groups -OCH3 is 1. The summed E-state index contributed by atoms with van der Waals surface area (Å²) in [5.74, 6) is 0.527. The quantitative estimate of drug-likeness (QED) is 0.471. The number of sulfonamides is 2. The van der Waals surface area contributed by atoms with Crippen LogP contribution in [0.3, 0.4) is 0 Å². The predicted octanol–water partition coefficient (Wildman–Crippen LogP) is 3.80. The van der Waals surface area contributed by atoms with Crippen LogP contribution < -0.4 is 14.4 Å². The Morgan fingerprint density at radius 1 is 0.857 bits per heavy atom. The molecule has 4 rings (SSSR count). The lowest BCUT2D eigenvalue weighted by molar-refractivity contribution is 0.378. The predicted molar refractivity (Wildman–Crippen MR) is 138 cm³/mol. The molecule has 186 valence electrons. The van der Waals surface area contributed by atoms with Gasteiger partial charge in [-0.1, -0.05) is 35.9 Å². The zero-order valence-electron chi connectivity index (χ0n) is 19.1. The van der Waals surface area contributed by atoms with E-state index >= 15 is 0 Å². The van der Waals surface area contributed by atoms with Gasteiger partial charge >= 0.3 is 0 Å². The van der Waals surface area contributed by atoms with E-state index in [0.717, 1.165) is 11.4 Å². The number of para-hydroxylation sites is 2. The van der Waals surface area contributed by atoms with Crippen molar-refractivity contribution in [1.29, 1.82) is 0 Å². The Morgan fingerprint density at radius 3 is 2.11 bits per heavy atom. The molecule has 3 aromatic rings. The van der Waals surface area contributed by atoms with E-state index in [9.17, 15) is 16.8 Å². The third-order valence-electron chi connectivity index (χ3n) is 5.70. The van der Waals surface area contributed by atoms with Crippen molar-refractivity contribution in [2.75, 3.05) is 42.9 Å². The van der Waals surface area contributed by atoms with Gasteiger partial charge in [0.1, 0.15) is 5.75 Å². The first-order chi connectivity index (χ1) is 16.7. The van der Waals surface area contributed by atoms with Crippen LogP contribution in [-0.4, -0.2) is 54.4 Å². The van der Waals surface area contributed by atoms with Crippen molar-refractivity contribution in [3.8, 4) is 5.75 Å². The standard InChI is InChI=1S/C24H26ClN3O5S2/c1-33-24-5-3-2-4-23(24)27-14-16-28(17-15-27)35(31,32)22-12-10-21(11-13-22)26-34(29,30)18-19-6-8-20(25)9-7-19/h2-13,26H,14-18H2,1H3. The molecule has 0 amide bonds. The molecule has 1 saturated heterocycles. The van der Waals surface area contributed by atoms with Crippen LogP contribution in [0.2, 0.25) is 5.02 Å². The van der Waals surface area contributed by atoms with Gasteiger partial charge in [0.05, 0.1) is 23.4 Å². The van der Waals surface area contributed by atoms with E-state index in [1.165, 1.54) is 28.6 Å². The summed E-state index contributed by atoms with van der Waals surface area (Å²) in [6.45, 7) is 1.72. The molecule has 0 aliphatic carbocycles. The molecule has 0 atom stereocenters. The molecule has 8 nitrogen and oxygen atoms in total. The molecule has 35 heavy (non-hydrogen) atoms. The number of nitrogens with one attached hydrogen (secondary N) is 1. The zero-order chi connectivity index (χ0) is 25.1. The molecule has 0 radical (unpaired) electrons. The second kappa shape index (κ2) is 10.4. The summed E-state index contributed by atoms with van der Waals surface area (Å²) < 4.78 is 60.6. The maximum absolute atomic E-state index is 13.2. The third kappa shape index (κ3) is 6.07. The van der Waals surface area contributed by atoms with Gasteiger partial charge in [-0.05, 0) is 54.1 Å². The topological polar surface area (TPSA) is 96.0 Å². The molecular weight excluding hydrogens is 510 g/mol. The average molecular weight is 536 g/mol. The van der Waals surface area contributed by atoms with E-state index in [4.69, 9.17) is 16.3 Å². The van der Waals surface area contributed by atoms with Crippen LogP contribution in [0, 0.1) is 0 Å². The fourth-order valence-corrected chi connectivity index (χ4v) is 6.67. The van der Waals surface area contributed by atoms with Gasteiger partial charge in [-0.15, -0.1) is 0 Å². The van der Waals surface area contributed by atoms with Crippen molar-refractivity contribution in [3.63, 3.8) is 0 Å². The lowest BCUT2D eigenvalue weighted by Gasteiger charge is -2.35. The first-order valence-electron chi connectivity index (χ1n) is 10.9. The number of rotatable bonds is 8. The Balaban J connectivity index is 1.40. The van der Waals surface area contributed by atoms with E-state index in [1.807, 2.05) is 24.3 Å². The van der Waals surface area contributed by atoms with Gasteiger partial charge in [0.15, 0.2) is 0 Å². The minimum Gasteiger partial charge on any atom is -0.495 e. The van der Waals surface area contributed by atoms with Gasteiger partial charge in [-0.2, -0.15) is 4.31 Å². The number of ether oxygens (including phenoxy) is 1. The maximum atomic E-state index is 13.2. The van der Waals surface area contributed by atoms with Crippen LogP contribution in [0.4, 0.5) is 11.4 Å². The number of nitrogens with zero attached hydrogens (tertiary/aromatic N) is 2. The van der Waals surface area contributed by atoms with E-state index < -0.39 is 20.0 Å². The molecule has 0 bridgehead atoms. The van der Waals surface area contributed by atoms with Crippen molar-refractivity contribution in [1.82, 2.24) is 4.31 Å². The minimum absolute atomic E-state index is 0.115. The minimum atomic E-state index is -3.71. The number of anilines is 2. The maximum Gasteiger partial charge on any atom is 0.243 e. The second-order valence-electron chi connectivity index (χ2n) is 8.07. The normalized spacial score (nSPS) is 15.1. The molecule has 0 spiro atoms. The van der Waals surface area contributed by atoms with Gasteiger partial charge in [0, 0.05) is 36.9 Å². The molecule has 1 aliphatic rings. The number of benzene rings is 3. The van der Waals surface area contributed by atoms with Crippen molar-refractivity contribution in [3.05, 3.63) is 83.4 Å². The van der Waals surface area contributed by atoms with Crippen LogP contribution >= 0.6 is 11.6 Å². The molecule has 0 aromatic heterocycles. The number of hydrogen-bond donors (Lipinski definition) is 1. The van der Waals surface area contributed by atoms with Gasteiger partial charge in [0.25, 0.3) is 0 Å². The summed E-state index contributed by atoms with van der Waals surface area (Å²) in [5.41, 5.74) is 1.81. The van der Waals surface area contributed by atoms with Crippen molar-refractivity contribution >= 4 is 43.0 Å². The molecule has 1 aliphatic heterocycles. The summed E-state index contributed by atoms with van der Waals surface area (Å²) in [6.07, 6.45) is 0. The summed E-state index contributed by atoms with van der Waals surface area (Å²) in [4.78, 5) is 2.22. The Kier molecular flexibility index (Phi) is 7.56. The zero-order valence-corrected chi connectivity index (χ0v) is 21.5. The fraction of sp³-hybridized carbons (Fsp3) is 0.250. The molecule has 1 fully saturated rings. The number of piperazine rings is 1. The van der Waals surface area contributed by atoms with E-state index in [1.54, 1.807) is 31.4 Å². The van der Waals surface area contributed by atoms with Crippen LogP contribution in [-0.2, 0) is 25.8 Å². The Bertz CT molecular complexity index is 1370. The van der Waals surface area contributed by atoms with E-state index in [0.29, 0.717) is 42.5 Å². The molecule has 0 saturated carbocycles. The monoisotopic (exact) mass is 535 g/mol. The first kappa shape index (κ1) is 25.3. The summed E-state index contributed by atoms with van der Waals surface area (Å²) in [7, 11) is -5.77. The molecule has 0 unspecified atom stereocenters. The largest absolute Gasteiger partial charge is 0.495 e. The molecular formula is C24H26ClN3O5S2. The highest BCUT2D eigenvalue weighted by Crippen LogP contribution is 2.29. The van der Waals surface area contributed by atoms with Crippen LogP contribution in [0.5, 0.6) is 5.75 Å². The lowest BCUT2D eigenvalue weighted by atomic mass is 10.2. The van der Waals surface area contributed by atoms with Crippen molar-refractivity contribution < 1.29 is 21.6 Å². The second-order valence-corrected chi connectivity index (χ2v) is 12.2. The molecule has 11 heteroatoms. The van der Waals surface area contributed by atoms with Crippen LogP contribution in [0.1, 0.15) is 5.56 Å². The summed E-state index contributed by atoms with van der Waals surface area (Å²) >= 11 is 5.84. The Hall–Kier alpha value is -2.79. The van der Waals surface area contributed by atoms with Gasteiger partial charge in [-0.3, -0.25) is 4.72 Å². The number of hydrogen-bond acceptors (Lipinski definition) is 6. The van der Waals surface area contributed by atoms with Gasteiger partial charge < -0.3 is 9.64 Å². The number of halogens is 1. The first-order valence-corrected chi connectivity index (χ1v) is 14.4. The van der Waals surface area contributed by atoms with Crippen LogP contribution in [0.25, 0.3) is 0 Å². The highest BCUT2D eigenvalue weighted by molar-refractivity contribution is 7.92. The lowest BCUT2D eigenvalue weighted by Crippen LogP contribution is -2.48. The smallest absolute Gasteiger partial charge is 0.243 e. The summed E-state index contributed by atoms with van der Waals surface area (Å²) in [6, 6.07) is 19.9. The highest BCUT2D eigenvalue weighted by atomic mass is 35.5. The van der Waals surface area contributed by atoms with Gasteiger partial charge in [-0.25, -0.2) is 16.8 Å². The average Bonchev–Trinajstić information content (AvgIpc) is 2.85. The van der Waals surface area contributed by atoms with E-state index in [-0.39, 0.29) is 10.6 Å². The highest BCUT2D eigenvalue weighted by Gasteiger charge is 2.29. The molecule has 3 aromatic carbocycles. The molecule has 1 heterocycles. The Labute approximate surface area is 211 Å². The SMILES string of the molecule is COc1ccccc1N1CCN(S(=O)(=O)c2ccc(NS(=O)(=O)Cc3ccc(Cl)cc3)cc2)CC1. The third-order valence-corrected chi connectivity index (χ3v) is 9.12.